The maximum Gasteiger partial charge on any atom is 0.339 e. The highest BCUT2D eigenvalue weighted by Gasteiger charge is 2.50. The van der Waals surface area contributed by atoms with Crippen LogP contribution < -0.4 is 5.32 Å². The van der Waals surface area contributed by atoms with Gasteiger partial charge in [0.2, 0.25) is 0 Å². The lowest BCUT2D eigenvalue weighted by Crippen LogP contribution is -2.42. The number of ketones is 1. The number of nitriles is 1. The highest BCUT2D eigenvalue weighted by atomic mass is 19.1. The Bertz CT molecular complexity index is 1230. The number of Topliss-reactive ketones (excluding diaryl/α,β-unsaturated/α-hetero) is 1. The summed E-state index contributed by atoms with van der Waals surface area (Å²) < 4.78 is 20.7. The predicted molar refractivity (Wildman–Crippen MR) is 123 cm³/mol. The third-order valence-corrected chi connectivity index (χ3v) is 8.37. The van der Waals surface area contributed by atoms with Crippen LogP contribution in [0, 0.1) is 29.0 Å². The molecule has 2 bridgehead atoms. The molecule has 4 atom stereocenters. The molecular weight excluding hydrogens is 431 g/mol. The van der Waals surface area contributed by atoms with Gasteiger partial charge in [-0.3, -0.25) is 4.79 Å². The van der Waals surface area contributed by atoms with Crippen LogP contribution in [-0.2, 0) is 21.6 Å². The molecule has 1 spiro atoms. The Hall–Kier alpha value is -3.04. The van der Waals surface area contributed by atoms with Gasteiger partial charge in [0.05, 0.1) is 23.6 Å². The fourth-order valence-electron chi connectivity index (χ4n) is 6.34. The van der Waals surface area contributed by atoms with Gasteiger partial charge >= 0.3 is 5.97 Å². The fourth-order valence-corrected chi connectivity index (χ4v) is 6.34. The molecule has 2 heterocycles. The Labute approximate surface area is 198 Å². The van der Waals surface area contributed by atoms with E-state index in [0.717, 1.165) is 49.7 Å². The summed E-state index contributed by atoms with van der Waals surface area (Å²) in [7, 11) is 0. The summed E-state index contributed by atoms with van der Waals surface area (Å²) in [5.74, 6) is -0.735. The smallest absolute Gasteiger partial charge is 0.339 e. The Balaban J connectivity index is 1.18. The van der Waals surface area contributed by atoms with Gasteiger partial charge in [0, 0.05) is 18.0 Å². The number of nitrogens with zero attached hydrogens (tertiary/aromatic N) is 1. The van der Waals surface area contributed by atoms with Crippen LogP contribution in [0.4, 0.5) is 4.39 Å². The highest BCUT2D eigenvalue weighted by Crippen LogP contribution is 2.51. The summed E-state index contributed by atoms with van der Waals surface area (Å²) in [6.07, 6.45) is 6.30. The maximum atomic E-state index is 15.1. The predicted octanol–water partition coefficient (Wildman–Crippen LogP) is 4.82. The molecule has 0 unspecified atom stereocenters. The van der Waals surface area contributed by atoms with Gasteiger partial charge in [-0.15, -0.1) is 0 Å². The van der Waals surface area contributed by atoms with Gasteiger partial charge in [0.15, 0.2) is 5.78 Å². The first-order valence-electron chi connectivity index (χ1n) is 12.3. The van der Waals surface area contributed by atoms with Gasteiger partial charge in [-0.05, 0) is 85.8 Å². The number of ether oxygens (including phenoxy) is 1. The second-order valence-electron chi connectivity index (χ2n) is 10.4. The van der Waals surface area contributed by atoms with E-state index in [-0.39, 0.29) is 36.5 Å². The molecule has 0 radical (unpaired) electrons. The number of nitrogens with one attached hydrogen (secondary N) is 1. The molecule has 34 heavy (non-hydrogen) atoms. The van der Waals surface area contributed by atoms with Crippen LogP contribution in [0.5, 0.6) is 0 Å². The van der Waals surface area contributed by atoms with Crippen molar-refractivity contribution in [2.75, 3.05) is 0 Å². The number of hydrogen-bond acceptors (Lipinski definition) is 5. The van der Waals surface area contributed by atoms with Crippen molar-refractivity contribution in [2.24, 2.45) is 11.8 Å². The van der Waals surface area contributed by atoms with Crippen molar-refractivity contribution in [1.29, 1.82) is 5.26 Å². The van der Waals surface area contributed by atoms with Gasteiger partial charge in [-0.25, -0.2) is 9.18 Å². The van der Waals surface area contributed by atoms with E-state index < -0.39 is 11.5 Å². The van der Waals surface area contributed by atoms with Crippen LogP contribution >= 0.6 is 0 Å². The van der Waals surface area contributed by atoms with E-state index in [4.69, 9.17) is 4.74 Å². The number of hydrogen-bond donors (Lipinski definition) is 1. The normalized spacial score (nSPS) is 26.6. The van der Waals surface area contributed by atoms with Crippen molar-refractivity contribution in [3.63, 3.8) is 0 Å². The van der Waals surface area contributed by atoms with Gasteiger partial charge in [-0.1, -0.05) is 18.2 Å². The number of piperidine rings is 1. The zero-order valence-corrected chi connectivity index (χ0v) is 19.0. The lowest BCUT2D eigenvalue weighted by Gasteiger charge is -2.37. The van der Waals surface area contributed by atoms with Crippen LogP contribution in [0.1, 0.15) is 66.4 Å². The molecule has 0 aromatic heterocycles. The molecule has 6 heteroatoms. The standard InChI is InChI=1S/C28H27FN2O3/c29-24-14-18(17-5-7-22-23(13-17)28(8-1-9-28)34-27(22)33)2-3-19(24)10-16(15-30)11-25(32)26-20-4-6-21(12-20)31-26/h2-3,5,7,13-14,16,20-21,26,31H,1,4,6,8-12H2/t16-,20+,21-,26+/m1/s1. The van der Waals surface area contributed by atoms with E-state index in [1.54, 1.807) is 12.1 Å². The molecule has 6 rings (SSSR count). The molecule has 2 aliphatic heterocycles. The molecule has 174 valence electrons. The fraction of sp³-hybridized carbons (Fsp3) is 0.464. The van der Waals surface area contributed by atoms with Crippen LogP contribution in [-0.4, -0.2) is 23.8 Å². The summed E-state index contributed by atoms with van der Waals surface area (Å²) in [5.41, 5.74) is 3.01. The van der Waals surface area contributed by atoms with Crippen molar-refractivity contribution in [2.45, 2.75) is 69.1 Å². The molecule has 2 aromatic rings. The SMILES string of the molecule is N#C[C@@H](CC(=O)[C@H]1N[C@@H]2CC[C@H]1C2)Cc1ccc(-c2ccc3c(c2)C2(CCC2)OC3=O)cc1F. The maximum absolute atomic E-state index is 15.1. The van der Waals surface area contributed by atoms with Crippen molar-refractivity contribution >= 4 is 11.8 Å². The zero-order chi connectivity index (χ0) is 23.4. The van der Waals surface area contributed by atoms with E-state index in [1.807, 2.05) is 18.2 Å². The lowest BCUT2D eigenvalue weighted by molar-refractivity contribution is -0.122. The Morgan fingerprint density at radius 3 is 2.65 bits per heavy atom. The number of benzene rings is 2. The molecule has 2 aliphatic carbocycles. The van der Waals surface area contributed by atoms with Crippen molar-refractivity contribution in [3.8, 4) is 17.2 Å². The quantitative estimate of drug-likeness (QED) is 0.628. The molecule has 0 amide bonds. The van der Waals surface area contributed by atoms with E-state index in [9.17, 15) is 14.9 Å². The average Bonchev–Trinajstić information content (AvgIpc) is 3.52. The minimum atomic E-state index is -0.546. The van der Waals surface area contributed by atoms with Gasteiger partial charge < -0.3 is 10.1 Å². The molecule has 1 N–H and O–H groups in total. The van der Waals surface area contributed by atoms with E-state index in [1.165, 1.54) is 6.07 Å². The highest BCUT2D eigenvalue weighted by molar-refractivity contribution is 5.95. The monoisotopic (exact) mass is 458 g/mol. The first-order valence-corrected chi connectivity index (χ1v) is 12.3. The van der Waals surface area contributed by atoms with E-state index in [0.29, 0.717) is 28.7 Å². The second-order valence-corrected chi connectivity index (χ2v) is 10.4. The summed E-state index contributed by atoms with van der Waals surface area (Å²) in [6.45, 7) is 0. The number of carbonyl (C=O) groups excluding carboxylic acids is 2. The topological polar surface area (TPSA) is 79.2 Å². The number of carbonyl (C=O) groups is 2. The van der Waals surface area contributed by atoms with Crippen LogP contribution in [0.25, 0.3) is 11.1 Å². The first kappa shape index (κ1) is 21.5. The zero-order valence-electron chi connectivity index (χ0n) is 19.0. The van der Waals surface area contributed by atoms with E-state index >= 15 is 4.39 Å². The van der Waals surface area contributed by atoms with Crippen LogP contribution in [0.15, 0.2) is 36.4 Å². The Morgan fingerprint density at radius 1 is 1.21 bits per heavy atom. The minimum Gasteiger partial charge on any atom is -0.451 e. The molecule has 5 nitrogen and oxygen atoms in total. The largest absolute Gasteiger partial charge is 0.451 e. The number of esters is 1. The molecule has 2 aromatic carbocycles. The first-order chi connectivity index (χ1) is 16.5. The molecule has 2 saturated carbocycles. The minimum absolute atomic E-state index is 0.0793. The Morgan fingerprint density at radius 2 is 2.00 bits per heavy atom. The van der Waals surface area contributed by atoms with Gasteiger partial charge in [0.1, 0.15) is 11.4 Å². The number of rotatable bonds is 6. The molecular formula is C28H27FN2O3. The number of halogens is 1. The summed E-state index contributed by atoms with van der Waals surface area (Å²) >= 11 is 0. The van der Waals surface area contributed by atoms with Crippen LogP contribution in [0.3, 0.4) is 0 Å². The molecule has 3 fully saturated rings. The Kier molecular flexibility index (Phi) is 5.07. The average molecular weight is 459 g/mol. The van der Waals surface area contributed by atoms with Crippen molar-refractivity contribution in [3.05, 3.63) is 58.9 Å². The van der Waals surface area contributed by atoms with Gasteiger partial charge in [0.25, 0.3) is 0 Å². The third-order valence-electron chi connectivity index (χ3n) is 8.37. The van der Waals surface area contributed by atoms with Crippen molar-refractivity contribution < 1.29 is 18.7 Å². The molecule has 4 aliphatic rings. The summed E-state index contributed by atoms with van der Waals surface area (Å²) in [6, 6.07) is 13.1. The summed E-state index contributed by atoms with van der Waals surface area (Å²) in [4.78, 5) is 25.0. The van der Waals surface area contributed by atoms with Crippen LogP contribution in [0.2, 0.25) is 0 Å². The lowest BCUT2D eigenvalue weighted by atomic mass is 9.74. The number of fused-ring (bicyclic) bond motifs is 4. The second kappa shape index (κ2) is 8.02. The molecule has 1 saturated heterocycles. The van der Waals surface area contributed by atoms with E-state index in [2.05, 4.69) is 11.4 Å². The van der Waals surface area contributed by atoms with Gasteiger partial charge in [-0.2, -0.15) is 5.26 Å². The van der Waals surface area contributed by atoms with Crippen molar-refractivity contribution in [1.82, 2.24) is 5.32 Å². The third kappa shape index (κ3) is 3.45. The summed E-state index contributed by atoms with van der Waals surface area (Å²) in [5, 5.41) is 13.0.